The Morgan fingerprint density at radius 2 is 2.04 bits per heavy atom. The number of hydrogen-bond acceptors (Lipinski definition) is 4. The van der Waals surface area contributed by atoms with Gasteiger partial charge in [0.25, 0.3) is 0 Å². The van der Waals surface area contributed by atoms with Crippen molar-refractivity contribution in [2.75, 3.05) is 5.32 Å². The van der Waals surface area contributed by atoms with Gasteiger partial charge in [0.05, 0.1) is 0 Å². The lowest BCUT2D eigenvalue weighted by molar-refractivity contribution is -0.116. The number of para-hydroxylation sites is 1. The highest BCUT2D eigenvalue weighted by atomic mass is 16.1. The average Bonchev–Trinajstić information content (AvgIpc) is 3.17. The second-order valence-corrected chi connectivity index (χ2v) is 6.81. The second kappa shape index (κ2) is 7.51. The highest BCUT2D eigenvalue weighted by Crippen LogP contribution is 2.22. The van der Waals surface area contributed by atoms with Crippen LogP contribution < -0.4 is 5.32 Å². The van der Waals surface area contributed by atoms with Gasteiger partial charge >= 0.3 is 0 Å². The van der Waals surface area contributed by atoms with E-state index >= 15 is 0 Å². The Morgan fingerprint density at radius 1 is 1.27 bits per heavy atom. The summed E-state index contributed by atoms with van der Waals surface area (Å²) in [5, 5.41) is 10.5. The number of carbonyl (C=O) groups excluding carboxylic acids is 2. The lowest BCUT2D eigenvalue weighted by Crippen LogP contribution is -2.15. The summed E-state index contributed by atoms with van der Waals surface area (Å²) >= 11 is 0. The van der Waals surface area contributed by atoms with Crippen LogP contribution in [0.1, 0.15) is 43.4 Å². The Kier molecular flexibility index (Phi) is 5.16. The van der Waals surface area contributed by atoms with E-state index in [1.807, 2.05) is 35.0 Å². The molecule has 0 unspecified atom stereocenters. The van der Waals surface area contributed by atoms with E-state index in [1.54, 1.807) is 6.92 Å². The van der Waals surface area contributed by atoms with Crippen LogP contribution in [0.3, 0.4) is 0 Å². The van der Waals surface area contributed by atoms with E-state index in [4.69, 9.17) is 0 Å². The van der Waals surface area contributed by atoms with Crippen LogP contribution >= 0.6 is 0 Å². The van der Waals surface area contributed by atoms with E-state index in [9.17, 15) is 9.59 Å². The number of rotatable bonds is 7. The Balaban J connectivity index is 1.65. The zero-order chi connectivity index (χ0) is 18.7. The second-order valence-electron chi connectivity index (χ2n) is 6.81. The van der Waals surface area contributed by atoms with Crippen molar-refractivity contribution in [2.24, 2.45) is 5.92 Å². The maximum Gasteiger partial charge on any atom is 0.248 e. The number of nitrogens with zero attached hydrogens (tertiary/aromatic N) is 3. The van der Waals surface area contributed by atoms with Crippen LogP contribution in [0.4, 0.5) is 5.95 Å². The molecule has 136 valence electrons. The number of carbonyl (C=O) groups is 2. The van der Waals surface area contributed by atoms with Gasteiger partial charge in [-0.05, 0) is 18.9 Å². The molecule has 7 heteroatoms. The van der Waals surface area contributed by atoms with Crippen molar-refractivity contribution in [3.63, 3.8) is 0 Å². The highest BCUT2D eigenvalue weighted by molar-refractivity contribution is 6.07. The molecule has 1 amide bonds. The largest absolute Gasteiger partial charge is 0.346 e. The molecule has 0 atom stereocenters. The molecule has 0 bridgehead atoms. The number of fused-ring (bicyclic) bond motifs is 1. The van der Waals surface area contributed by atoms with E-state index in [0.717, 1.165) is 23.1 Å². The van der Waals surface area contributed by atoms with Crippen LogP contribution in [0.15, 0.2) is 30.5 Å². The fourth-order valence-electron chi connectivity index (χ4n) is 2.95. The van der Waals surface area contributed by atoms with Crippen molar-refractivity contribution in [1.29, 1.82) is 0 Å². The molecule has 26 heavy (non-hydrogen) atoms. The maximum absolute atomic E-state index is 12.2. The smallest absolute Gasteiger partial charge is 0.248 e. The molecule has 7 nitrogen and oxygen atoms in total. The normalized spacial score (nSPS) is 11.2. The van der Waals surface area contributed by atoms with Gasteiger partial charge in [-0.1, -0.05) is 32.0 Å². The number of H-pyrrole nitrogens is 1. The third kappa shape index (κ3) is 3.99. The molecule has 3 aromatic rings. The van der Waals surface area contributed by atoms with E-state index in [-0.39, 0.29) is 18.1 Å². The SMILES string of the molecule is CC(=O)c1cn(CCC(=O)Nc2n[nH]c(CC(C)C)n2)c2ccccc12. The summed E-state index contributed by atoms with van der Waals surface area (Å²) < 4.78 is 1.94. The van der Waals surface area contributed by atoms with E-state index in [1.165, 1.54) is 0 Å². The topological polar surface area (TPSA) is 92.7 Å². The van der Waals surface area contributed by atoms with Crippen LogP contribution in [0.5, 0.6) is 0 Å². The molecule has 0 fully saturated rings. The van der Waals surface area contributed by atoms with E-state index in [2.05, 4.69) is 34.3 Å². The van der Waals surface area contributed by atoms with Gasteiger partial charge in [-0.25, -0.2) is 0 Å². The lowest BCUT2D eigenvalue weighted by Gasteiger charge is -2.05. The summed E-state index contributed by atoms with van der Waals surface area (Å²) in [7, 11) is 0. The van der Waals surface area contributed by atoms with Crippen molar-refractivity contribution in [1.82, 2.24) is 19.7 Å². The molecule has 1 aromatic carbocycles. The Bertz CT molecular complexity index is 938. The zero-order valence-corrected chi connectivity index (χ0v) is 15.2. The van der Waals surface area contributed by atoms with Gasteiger partial charge in [0, 0.05) is 42.0 Å². The summed E-state index contributed by atoms with van der Waals surface area (Å²) in [5.41, 5.74) is 1.62. The first-order chi connectivity index (χ1) is 12.4. The van der Waals surface area contributed by atoms with E-state index < -0.39 is 0 Å². The Labute approximate surface area is 151 Å². The van der Waals surface area contributed by atoms with Crippen molar-refractivity contribution >= 4 is 28.5 Å². The maximum atomic E-state index is 12.2. The predicted octanol–water partition coefficient (Wildman–Crippen LogP) is 3.19. The number of hydrogen-bond donors (Lipinski definition) is 2. The van der Waals surface area contributed by atoms with Gasteiger partial charge in [-0.2, -0.15) is 4.98 Å². The van der Waals surface area contributed by atoms with E-state index in [0.29, 0.717) is 24.0 Å². The predicted molar refractivity (Wildman–Crippen MR) is 100 cm³/mol. The molecule has 0 aliphatic heterocycles. The summed E-state index contributed by atoms with van der Waals surface area (Å²) in [5.74, 6) is 1.37. The first-order valence-electron chi connectivity index (χ1n) is 8.74. The molecule has 3 rings (SSSR count). The number of anilines is 1. The molecular weight excluding hydrogens is 330 g/mol. The number of nitrogens with one attached hydrogen (secondary N) is 2. The third-order valence-electron chi connectivity index (χ3n) is 4.13. The summed E-state index contributed by atoms with van der Waals surface area (Å²) in [6.07, 6.45) is 2.87. The zero-order valence-electron chi connectivity index (χ0n) is 15.2. The number of aryl methyl sites for hydroxylation is 1. The number of Topliss-reactive ketones (excluding diaryl/α,β-unsaturated/α-hetero) is 1. The number of benzene rings is 1. The van der Waals surface area contributed by atoms with Gasteiger partial charge < -0.3 is 4.57 Å². The quantitative estimate of drug-likeness (QED) is 0.638. The Morgan fingerprint density at radius 3 is 2.77 bits per heavy atom. The van der Waals surface area contributed by atoms with Crippen LogP contribution in [0, 0.1) is 5.92 Å². The monoisotopic (exact) mass is 353 g/mol. The molecule has 2 N–H and O–H groups in total. The molecule has 2 aromatic heterocycles. The first kappa shape index (κ1) is 17.8. The molecule has 0 saturated heterocycles. The first-order valence-corrected chi connectivity index (χ1v) is 8.74. The fourth-order valence-corrected chi connectivity index (χ4v) is 2.95. The van der Waals surface area contributed by atoms with Gasteiger partial charge in [0.2, 0.25) is 11.9 Å². The van der Waals surface area contributed by atoms with Crippen molar-refractivity contribution < 1.29 is 9.59 Å². The number of amides is 1. The molecular formula is C19H23N5O2. The van der Waals surface area contributed by atoms with Gasteiger partial charge in [0.15, 0.2) is 5.78 Å². The molecule has 0 spiro atoms. The Hall–Kier alpha value is -2.96. The highest BCUT2D eigenvalue weighted by Gasteiger charge is 2.13. The molecule has 2 heterocycles. The lowest BCUT2D eigenvalue weighted by atomic mass is 10.1. The molecule has 0 saturated carbocycles. The van der Waals surface area contributed by atoms with Crippen molar-refractivity contribution in [3.8, 4) is 0 Å². The van der Waals surface area contributed by atoms with Gasteiger partial charge in [-0.3, -0.25) is 20.0 Å². The average molecular weight is 353 g/mol. The summed E-state index contributed by atoms with van der Waals surface area (Å²) in [4.78, 5) is 28.3. The third-order valence-corrected chi connectivity index (χ3v) is 4.13. The van der Waals surface area contributed by atoms with Gasteiger partial charge in [-0.15, -0.1) is 5.10 Å². The number of aromatic amines is 1. The minimum Gasteiger partial charge on any atom is -0.346 e. The van der Waals surface area contributed by atoms with Crippen LogP contribution in [-0.2, 0) is 17.8 Å². The number of aromatic nitrogens is 4. The summed E-state index contributed by atoms with van der Waals surface area (Å²) in [6, 6.07) is 7.70. The minimum atomic E-state index is -0.165. The standard InChI is InChI=1S/C19H23N5O2/c1-12(2)10-17-20-19(23-22-17)21-18(26)8-9-24-11-15(13(3)25)14-6-4-5-7-16(14)24/h4-7,11-12H,8-10H2,1-3H3,(H2,20,21,22,23,26). The van der Waals surface area contributed by atoms with Crippen LogP contribution in [0.25, 0.3) is 10.9 Å². The summed E-state index contributed by atoms with van der Waals surface area (Å²) in [6.45, 7) is 6.22. The molecule has 0 aliphatic rings. The fraction of sp³-hybridized carbons (Fsp3) is 0.368. The minimum absolute atomic E-state index is 0.0165. The molecule has 0 radical (unpaired) electrons. The van der Waals surface area contributed by atoms with Crippen molar-refractivity contribution in [2.45, 2.75) is 40.2 Å². The molecule has 0 aliphatic carbocycles. The number of ketones is 1. The van der Waals surface area contributed by atoms with Crippen LogP contribution in [0.2, 0.25) is 0 Å². The van der Waals surface area contributed by atoms with Crippen LogP contribution in [-0.4, -0.2) is 31.4 Å². The van der Waals surface area contributed by atoms with Crippen molar-refractivity contribution in [3.05, 3.63) is 41.9 Å². The van der Waals surface area contributed by atoms with Gasteiger partial charge in [0.1, 0.15) is 5.82 Å².